The Labute approximate surface area is 200 Å². The molecule has 6 nitrogen and oxygen atoms in total. The molecule has 2 heterocycles. The zero-order valence-electron chi connectivity index (χ0n) is 18.1. The molecule has 2 aromatic carbocycles. The number of rotatable bonds is 6. The fourth-order valence-electron chi connectivity index (χ4n) is 4.03. The monoisotopic (exact) mass is 479 g/mol. The quantitative estimate of drug-likeness (QED) is 0.344. The van der Waals surface area contributed by atoms with Crippen molar-refractivity contribution in [1.82, 2.24) is 9.66 Å². The smallest absolute Gasteiger partial charge is 0.282 e. The molecule has 0 radical (unpaired) electrons. The van der Waals surface area contributed by atoms with Gasteiger partial charge in [-0.25, -0.2) is 4.98 Å². The minimum absolute atomic E-state index is 0.137. The third-order valence-corrected chi connectivity index (χ3v) is 7.16. The Morgan fingerprint density at radius 3 is 2.82 bits per heavy atom. The normalized spacial score (nSPS) is 13.4. The number of hydrogen-bond donors (Lipinski definition) is 0. The van der Waals surface area contributed by atoms with Gasteiger partial charge in [0.1, 0.15) is 17.8 Å². The number of hydrogen-bond acceptors (Lipinski definition) is 6. The molecule has 1 aliphatic carbocycles. The van der Waals surface area contributed by atoms with Crippen LogP contribution in [-0.2, 0) is 19.4 Å². The Morgan fingerprint density at radius 2 is 2.00 bits per heavy atom. The van der Waals surface area contributed by atoms with Gasteiger partial charge in [-0.15, -0.1) is 11.3 Å². The van der Waals surface area contributed by atoms with Crippen LogP contribution < -0.4 is 15.0 Å². The molecule has 0 amide bonds. The maximum atomic E-state index is 13.2. The first-order valence-electron chi connectivity index (χ1n) is 10.7. The van der Waals surface area contributed by atoms with Crippen molar-refractivity contribution in [3.05, 3.63) is 85.7 Å². The molecule has 2 aromatic heterocycles. The first-order chi connectivity index (χ1) is 16.1. The third kappa shape index (κ3) is 4.38. The van der Waals surface area contributed by atoms with Gasteiger partial charge in [0.15, 0.2) is 11.5 Å². The number of para-hydroxylation sites is 1. The molecule has 0 saturated carbocycles. The molecule has 0 spiro atoms. The Morgan fingerprint density at radius 1 is 1.18 bits per heavy atom. The van der Waals surface area contributed by atoms with Crippen molar-refractivity contribution in [3.8, 4) is 11.5 Å². The standard InChI is InChI=1S/C25H22ClN3O3S/c1-31-20-7-4-5-17(23(20)32-14-16-9-11-18(26)12-10-16)13-28-29-15-27-24-22(25(29)30)19-6-2-3-8-21(19)33-24/h4-5,7,9-13,15H,2-3,6,8,14H2,1H3/b28-13+. The van der Waals surface area contributed by atoms with E-state index >= 15 is 0 Å². The molecule has 8 heteroatoms. The van der Waals surface area contributed by atoms with Crippen molar-refractivity contribution < 1.29 is 9.47 Å². The van der Waals surface area contributed by atoms with Crippen LogP contribution >= 0.6 is 22.9 Å². The Balaban J connectivity index is 1.47. The van der Waals surface area contributed by atoms with Crippen molar-refractivity contribution >= 4 is 39.4 Å². The average Bonchev–Trinajstić information content (AvgIpc) is 3.23. The van der Waals surface area contributed by atoms with Gasteiger partial charge in [-0.2, -0.15) is 9.78 Å². The SMILES string of the molecule is COc1cccc(/C=N/n2cnc3sc4c(c3c2=O)CCCC4)c1OCc1ccc(Cl)cc1. The van der Waals surface area contributed by atoms with E-state index in [2.05, 4.69) is 10.1 Å². The van der Waals surface area contributed by atoms with Crippen LogP contribution in [-0.4, -0.2) is 23.0 Å². The van der Waals surface area contributed by atoms with E-state index in [0.29, 0.717) is 34.1 Å². The van der Waals surface area contributed by atoms with Crippen molar-refractivity contribution in [1.29, 1.82) is 0 Å². The molecule has 0 bridgehead atoms. The molecule has 1 aliphatic rings. The second kappa shape index (κ2) is 9.37. The van der Waals surface area contributed by atoms with Gasteiger partial charge in [-0.1, -0.05) is 29.8 Å². The van der Waals surface area contributed by atoms with Crippen LogP contribution in [0.15, 0.2) is 58.7 Å². The van der Waals surface area contributed by atoms with E-state index < -0.39 is 0 Å². The number of thiophene rings is 1. The van der Waals surface area contributed by atoms with E-state index in [1.165, 1.54) is 22.3 Å². The lowest BCUT2D eigenvalue weighted by Gasteiger charge is -2.13. The summed E-state index contributed by atoms with van der Waals surface area (Å²) >= 11 is 7.60. The van der Waals surface area contributed by atoms with E-state index in [0.717, 1.165) is 35.2 Å². The van der Waals surface area contributed by atoms with Gasteiger partial charge in [-0.05, 0) is 61.1 Å². The third-order valence-electron chi connectivity index (χ3n) is 5.71. The number of methoxy groups -OCH3 is 1. The van der Waals surface area contributed by atoms with Crippen LogP contribution in [0.2, 0.25) is 5.02 Å². The highest BCUT2D eigenvalue weighted by Crippen LogP contribution is 2.33. The predicted octanol–water partition coefficient (Wildman–Crippen LogP) is 5.46. The first-order valence-corrected chi connectivity index (χ1v) is 11.9. The minimum Gasteiger partial charge on any atom is -0.493 e. The number of halogens is 1. The number of aryl methyl sites for hydroxylation is 2. The molecule has 168 valence electrons. The lowest BCUT2D eigenvalue weighted by Crippen LogP contribution is -2.18. The zero-order valence-corrected chi connectivity index (χ0v) is 19.7. The van der Waals surface area contributed by atoms with Crippen LogP contribution in [0, 0.1) is 0 Å². The Kier molecular flexibility index (Phi) is 6.15. The summed E-state index contributed by atoms with van der Waals surface area (Å²) in [5.74, 6) is 1.13. The molecule has 0 fully saturated rings. The van der Waals surface area contributed by atoms with Gasteiger partial charge < -0.3 is 9.47 Å². The topological polar surface area (TPSA) is 65.7 Å². The van der Waals surface area contributed by atoms with Crippen LogP contribution in [0.4, 0.5) is 0 Å². The second-order valence-corrected chi connectivity index (χ2v) is 9.34. The average molecular weight is 480 g/mol. The van der Waals surface area contributed by atoms with Gasteiger partial charge >= 0.3 is 0 Å². The number of ether oxygens (including phenoxy) is 2. The van der Waals surface area contributed by atoms with Gasteiger partial charge in [0.05, 0.1) is 18.7 Å². The Hall–Kier alpha value is -3.16. The molecular formula is C25H22ClN3O3S. The number of benzene rings is 2. The Bertz CT molecular complexity index is 1390. The molecule has 33 heavy (non-hydrogen) atoms. The highest BCUT2D eigenvalue weighted by Gasteiger charge is 2.20. The fraction of sp³-hybridized carbons (Fsp3) is 0.240. The molecule has 0 N–H and O–H groups in total. The molecule has 0 aliphatic heterocycles. The van der Waals surface area contributed by atoms with Crippen LogP contribution in [0.25, 0.3) is 10.2 Å². The van der Waals surface area contributed by atoms with Gasteiger partial charge in [0.25, 0.3) is 5.56 Å². The molecule has 4 aromatic rings. The largest absolute Gasteiger partial charge is 0.493 e. The molecule has 0 atom stereocenters. The van der Waals surface area contributed by atoms with E-state index in [9.17, 15) is 4.79 Å². The van der Waals surface area contributed by atoms with Crippen molar-refractivity contribution in [2.75, 3.05) is 7.11 Å². The summed E-state index contributed by atoms with van der Waals surface area (Å²) in [7, 11) is 1.59. The van der Waals surface area contributed by atoms with E-state index in [1.54, 1.807) is 24.7 Å². The van der Waals surface area contributed by atoms with Gasteiger partial charge in [-0.3, -0.25) is 4.79 Å². The highest BCUT2D eigenvalue weighted by atomic mass is 35.5. The summed E-state index contributed by atoms with van der Waals surface area (Å²) in [6.07, 6.45) is 7.32. The fourth-order valence-corrected chi connectivity index (χ4v) is 5.38. The summed E-state index contributed by atoms with van der Waals surface area (Å²) in [6, 6.07) is 13.0. The second-order valence-electron chi connectivity index (χ2n) is 7.82. The maximum absolute atomic E-state index is 13.2. The highest BCUT2D eigenvalue weighted by molar-refractivity contribution is 7.18. The summed E-state index contributed by atoms with van der Waals surface area (Å²) < 4.78 is 12.9. The van der Waals surface area contributed by atoms with Crippen molar-refractivity contribution in [3.63, 3.8) is 0 Å². The molecule has 0 unspecified atom stereocenters. The predicted molar refractivity (Wildman–Crippen MR) is 132 cm³/mol. The van der Waals surface area contributed by atoms with Crippen LogP contribution in [0.3, 0.4) is 0 Å². The zero-order chi connectivity index (χ0) is 22.8. The van der Waals surface area contributed by atoms with Crippen LogP contribution in [0.5, 0.6) is 11.5 Å². The summed E-state index contributed by atoms with van der Waals surface area (Å²) in [5.41, 5.74) is 2.68. The number of aromatic nitrogens is 2. The minimum atomic E-state index is -0.137. The van der Waals surface area contributed by atoms with E-state index in [1.807, 2.05) is 42.5 Å². The van der Waals surface area contributed by atoms with Gasteiger partial charge in [0, 0.05) is 15.5 Å². The lowest BCUT2D eigenvalue weighted by molar-refractivity contribution is 0.284. The van der Waals surface area contributed by atoms with E-state index in [-0.39, 0.29) is 5.56 Å². The van der Waals surface area contributed by atoms with Crippen molar-refractivity contribution in [2.24, 2.45) is 5.10 Å². The number of nitrogens with zero attached hydrogens (tertiary/aromatic N) is 3. The molecule has 0 saturated heterocycles. The lowest BCUT2D eigenvalue weighted by atomic mass is 9.97. The summed E-state index contributed by atoms with van der Waals surface area (Å²) in [5, 5.41) is 5.81. The summed E-state index contributed by atoms with van der Waals surface area (Å²) in [6.45, 7) is 0.340. The van der Waals surface area contributed by atoms with E-state index in [4.69, 9.17) is 21.1 Å². The van der Waals surface area contributed by atoms with Crippen LogP contribution in [0.1, 0.15) is 34.4 Å². The van der Waals surface area contributed by atoms with Gasteiger partial charge in [0.2, 0.25) is 0 Å². The number of fused-ring (bicyclic) bond motifs is 3. The summed E-state index contributed by atoms with van der Waals surface area (Å²) in [4.78, 5) is 19.8. The molecular weight excluding hydrogens is 458 g/mol. The first kappa shape index (κ1) is 21.7. The van der Waals surface area contributed by atoms with Crippen molar-refractivity contribution in [2.45, 2.75) is 32.3 Å². The molecule has 5 rings (SSSR count). The maximum Gasteiger partial charge on any atom is 0.282 e.